The number of hydrogen-bond acceptors (Lipinski definition) is 5. The van der Waals surface area contributed by atoms with Crippen molar-refractivity contribution in [3.8, 4) is 0 Å². The van der Waals surface area contributed by atoms with E-state index in [4.69, 9.17) is 4.74 Å². The summed E-state index contributed by atoms with van der Waals surface area (Å²) in [6.07, 6.45) is 4.95. The largest absolute Gasteiger partial charge is 0.396 e. The standard InChI is InChI=1S/C36H45N3O5/c1-5-19-37(24-27-15-9-7-10-16-27)32(41)29-30-33(42)39(21-13-14-22-40)31(36(30)23-26(3)35(29,4)44-36)34(43)38(20-6-2)25-28-17-11-8-12-18-28/h5-12,15-18,26,29-31,40H,1-2,13-14,19-25H2,3-4H3/t26?,29-,30-,31?,35+,36?/m0/s1. The second-order valence-corrected chi connectivity index (χ2v) is 12.7. The molecule has 3 aliphatic rings. The quantitative estimate of drug-likeness (QED) is 0.260. The van der Waals surface area contributed by atoms with Crippen LogP contribution >= 0.6 is 0 Å². The van der Waals surface area contributed by atoms with Gasteiger partial charge in [-0.25, -0.2) is 0 Å². The van der Waals surface area contributed by atoms with Gasteiger partial charge in [0.15, 0.2) is 0 Å². The summed E-state index contributed by atoms with van der Waals surface area (Å²) in [4.78, 5) is 48.9. The molecule has 8 heteroatoms. The van der Waals surface area contributed by atoms with Gasteiger partial charge in [0.2, 0.25) is 17.7 Å². The molecule has 0 aliphatic carbocycles. The van der Waals surface area contributed by atoms with Crippen molar-refractivity contribution >= 4 is 17.7 Å². The number of nitrogens with zero attached hydrogens (tertiary/aromatic N) is 3. The molecule has 1 N–H and O–H groups in total. The normalized spacial score (nSPS) is 28.5. The van der Waals surface area contributed by atoms with E-state index in [0.717, 1.165) is 11.1 Å². The van der Waals surface area contributed by atoms with Crippen LogP contribution in [0.2, 0.25) is 0 Å². The number of likely N-dealkylation sites (tertiary alicyclic amines) is 1. The molecule has 0 aromatic heterocycles. The van der Waals surface area contributed by atoms with Gasteiger partial charge < -0.3 is 24.5 Å². The smallest absolute Gasteiger partial charge is 0.248 e. The fourth-order valence-electron chi connectivity index (χ4n) is 7.78. The zero-order valence-corrected chi connectivity index (χ0v) is 25.9. The summed E-state index contributed by atoms with van der Waals surface area (Å²) in [5.74, 6) is -2.17. The number of unbranched alkanes of at least 4 members (excludes halogenated alkanes) is 1. The molecule has 2 aromatic carbocycles. The lowest BCUT2D eigenvalue weighted by molar-refractivity contribution is -0.155. The van der Waals surface area contributed by atoms with E-state index < -0.39 is 29.1 Å². The zero-order chi connectivity index (χ0) is 31.5. The topological polar surface area (TPSA) is 90.4 Å². The number of carbonyl (C=O) groups is 3. The van der Waals surface area contributed by atoms with Gasteiger partial charge in [-0.2, -0.15) is 0 Å². The van der Waals surface area contributed by atoms with Crippen LogP contribution in [0.4, 0.5) is 0 Å². The van der Waals surface area contributed by atoms with E-state index in [1.54, 1.807) is 26.9 Å². The van der Waals surface area contributed by atoms with E-state index in [0.29, 0.717) is 52.0 Å². The highest BCUT2D eigenvalue weighted by atomic mass is 16.5. The number of amides is 3. The Morgan fingerprint density at radius 1 is 0.955 bits per heavy atom. The molecule has 3 fully saturated rings. The molecule has 44 heavy (non-hydrogen) atoms. The maximum absolute atomic E-state index is 14.7. The second kappa shape index (κ2) is 13.1. The average Bonchev–Trinajstić information content (AvgIpc) is 3.53. The van der Waals surface area contributed by atoms with Crippen LogP contribution in [0.15, 0.2) is 86.0 Å². The molecule has 2 bridgehead atoms. The van der Waals surface area contributed by atoms with Crippen molar-refractivity contribution in [3.63, 3.8) is 0 Å². The Kier molecular flexibility index (Phi) is 9.42. The van der Waals surface area contributed by atoms with E-state index >= 15 is 0 Å². The predicted molar refractivity (Wildman–Crippen MR) is 169 cm³/mol. The van der Waals surface area contributed by atoms with Crippen molar-refractivity contribution in [3.05, 3.63) is 97.1 Å². The molecule has 6 atom stereocenters. The van der Waals surface area contributed by atoms with Gasteiger partial charge >= 0.3 is 0 Å². The number of ether oxygens (including phenoxy) is 1. The van der Waals surface area contributed by atoms with Crippen LogP contribution in [-0.2, 0) is 32.2 Å². The number of rotatable bonds is 14. The number of hydrogen-bond donors (Lipinski definition) is 1. The molecule has 3 aliphatic heterocycles. The van der Waals surface area contributed by atoms with Gasteiger partial charge in [-0.15, -0.1) is 13.2 Å². The van der Waals surface area contributed by atoms with Crippen LogP contribution in [0.1, 0.15) is 44.2 Å². The number of fused-ring (bicyclic) bond motifs is 1. The summed E-state index contributed by atoms with van der Waals surface area (Å²) in [7, 11) is 0. The lowest BCUT2D eigenvalue weighted by Crippen LogP contribution is -2.56. The summed E-state index contributed by atoms with van der Waals surface area (Å²) < 4.78 is 6.96. The van der Waals surface area contributed by atoms with Crippen LogP contribution in [0.25, 0.3) is 0 Å². The highest BCUT2D eigenvalue weighted by molar-refractivity contribution is 5.99. The van der Waals surface area contributed by atoms with Crippen molar-refractivity contribution in [1.82, 2.24) is 14.7 Å². The minimum atomic E-state index is -1.13. The van der Waals surface area contributed by atoms with Crippen LogP contribution < -0.4 is 0 Å². The van der Waals surface area contributed by atoms with Gasteiger partial charge in [-0.3, -0.25) is 14.4 Å². The first kappa shape index (κ1) is 31.7. The van der Waals surface area contributed by atoms with Gasteiger partial charge in [0.25, 0.3) is 0 Å². The molecule has 0 saturated carbocycles. The van der Waals surface area contributed by atoms with Crippen LogP contribution in [0.5, 0.6) is 0 Å². The molecular formula is C36H45N3O5. The van der Waals surface area contributed by atoms with E-state index in [2.05, 4.69) is 20.1 Å². The number of aliphatic hydroxyl groups is 1. The SMILES string of the molecule is C=CCN(Cc1ccccc1)C(=O)C1N(CCCCO)C(=O)[C@@H]2[C@@H](C(=O)N(CC=C)Cc3ccccc3)[C@]3(C)OC12CC3C. The fraction of sp³-hybridized carbons (Fsp3) is 0.472. The molecule has 2 aromatic rings. The first-order chi connectivity index (χ1) is 21.2. The lowest BCUT2D eigenvalue weighted by atomic mass is 9.62. The molecular weight excluding hydrogens is 554 g/mol. The van der Waals surface area contributed by atoms with Crippen molar-refractivity contribution in [2.45, 2.75) is 63.4 Å². The molecule has 3 unspecified atom stereocenters. The Morgan fingerprint density at radius 2 is 1.50 bits per heavy atom. The first-order valence-electron chi connectivity index (χ1n) is 15.7. The second-order valence-electron chi connectivity index (χ2n) is 12.7. The lowest BCUT2D eigenvalue weighted by Gasteiger charge is -2.39. The van der Waals surface area contributed by atoms with E-state index in [1.165, 1.54) is 0 Å². The zero-order valence-electron chi connectivity index (χ0n) is 25.9. The Hall–Kier alpha value is -3.75. The highest BCUT2D eigenvalue weighted by Gasteiger charge is 2.80. The number of aliphatic hydroxyl groups excluding tert-OH is 1. The molecule has 234 valence electrons. The summed E-state index contributed by atoms with van der Waals surface area (Å²) in [6.45, 7) is 13.5. The van der Waals surface area contributed by atoms with Crippen LogP contribution in [0, 0.1) is 17.8 Å². The monoisotopic (exact) mass is 599 g/mol. The first-order valence-corrected chi connectivity index (χ1v) is 15.7. The van der Waals surface area contributed by atoms with E-state index in [-0.39, 0.29) is 30.2 Å². The van der Waals surface area contributed by atoms with Crippen LogP contribution in [0.3, 0.4) is 0 Å². The number of carbonyl (C=O) groups excluding carboxylic acids is 3. The van der Waals surface area contributed by atoms with Gasteiger partial charge in [-0.1, -0.05) is 79.7 Å². The molecule has 3 heterocycles. The van der Waals surface area contributed by atoms with Gasteiger partial charge in [0, 0.05) is 39.3 Å². The molecule has 5 rings (SSSR count). The van der Waals surface area contributed by atoms with E-state index in [1.807, 2.05) is 67.6 Å². The van der Waals surface area contributed by atoms with Crippen molar-refractivity contribution in [2.75, 3.05) is 26.2 Å². The average molecular weight is 600 g/mol. The highest BCUT2D eigenvalue weighted by Crippen LogP contribution is 2.65. The Balaban J connectivity index is 1.54. The van der Waals surface area contributed by atoms with Gasteiger partial charge in [-0.05, 0) is 43.2 Å². The Labute approximate surface area is 261 Å². The van der Waals surface area contributed by atoms with Crippen LogP contribution in [-0.4, -0.2) is 81.0 Å². The van der Waals surface area contributed by atoms with Crippen molar-refractivity contribution < 1.29 is 24.2 Å². The predicted octanol–water partition coefficient (Wildman–Crippen LogP) is 4.20. The van der Waals surface area contributed by atoms with Gasteiger partial charge in [0.05, 0.1) is 17.4 Å². The minimum absolute atomic E-state index is 0.00543. The maximum atomic E-state index is 14.7. The Bertz CT molecular complexity index is 1370. The third-order valence-corrected chi connectivity index (χ3v) is 9.88. The molecule has 8 nitrogen and oxygen atoms in total. The third kappa shape index (κ3) is 5.50. The summed E-state index contributed by atoms with van der Waals surface area (Å²) in [5.41, 5.74) is -0.0905. The Morgan fingerprint density at radius 3 is 2.02 bits per heavy atom. The number of benzene rings is 2. The summed E-state index contributed by atoms with van der Waals surface area (Å²) in [6, 6.07) is 18.6. The fourth-order valence-corrected chi connectivity index (χ4v) is 7.78. The molecule has 3 amide bonds. The summed E-state index contributed by atoms with van der Waals surface area (Å²) in [5, 5.41) is 9.51. The van der Waals surface area contributed by atoms with Crippen molar-refractivity contribution in [2.24, 2.45) is 17.8 Å². The minimum Gasteiger partial charge on any atom is -0.396 e. The van der Waals surface area contributed by atoms with Crippen molar-refractivity contribution in [1.29, 1.82) is 0 Å². The van der Waals surface area contributed by atoms with E-state index in [9.17, 15) is 19.5 Å². The summed E-state index contributed by atoms with van der Waals surface area (Å²) >= 11 is 0. The molecule has 1 spiro atoms. The molecule has 3 saturated heterocycles. The molecule has 0 radical (unpaired) electrons. The maximum Gasteiger partial charge on any atom is 0.248 e. The third-order valence-electron chi connectivity index (χ3n) is 9.88. The van der Waals surface area contributed by atoms with Gasteiger partial charge in [0.1, 0.15) is 11.6 Å².